The van der Waals surface area contributed by atoms with E-state index in [0.717, 1.165) is 62.6 Å². The van der Waals surface area contributed by atoms with Crippen LogP contribution in [0.4, 0.5) is 8.63 Å². The minimum absolute atomic E-state index is 0. The number of hydrogen-bond donors (Lipinski definition) is 0. The van der Waals surface area contributed by atoms with E-state index in [1.54, 1.807) is 6.92 Å². The molecule has 0 radical (unpaired) electrons. The third-order valence-electron chi connectivity index (χ3n) is 6.22. The first-order valence-corrected chi connectivity index (χ1v) is 11.3. The van der Waals surface area contributed by atoms with Crippen molar-refractivity contribution in [2.24, 2.45) is 0 Å². The van der Waals surface area contributed by atoms with Gasteiger partial charge < -0.3 is 27.5 Å². The number of aryl methyl sites for hydroxylation is 2. The topological polar surface area (TPSA) is 48.1 Å². The van der Waals surface area contributed by atoms with Gasteiger partial charge >= 0.3 is 8.40 Å². The number of aromatic nitrogens is 1. The molecule has 0 N–H and O–H groups in total. The van der Waals surface area contributed by atoms with Gasteiger partial charge in [-0.2, -0.15) is 0 Å². The zero-order valence-corrected chi connectivity index (χ0v) is 18.1. The van der Waals surface area contributed by atoms with Crippen LogP contribution < -0.4 is 5.11 Å². The number of carbonyl (C=O) groups excluding carboxylic acids is 1. The number of nitrogens with zero attached hydrogens (tertiary/aromatic N) is 2. The van der Waals surface area contributed by atoms with Crippen molar-refractivity contribution in [1.82, 2.24) is 4.48 Å². The highest BCUT2D eigenvalue weighted by Gasteiger charge is 2.52. The maximum Gasteiger partial charge on any atom is 1.00 e. The standard InChI is InChI=1S/C23H33BF2N2O2/c1-18-16-19(2)27-22(18)17-21-15-14-20(28(21)24(27,25)26)12-10-8-6-4-3-5-7-9-11-13-23(29)30/h14-17H,3-13H2,1-2H3,(H,29,30). The van der Waals surface area contributed by atoms with E-state index in [9.17, 15) is 9.90 Å². The molecule has 164 valence electrons. The zero-order chi connectivity index (χ0) is 21.7. The molecule has 30 heavy (non-hydrogen) atoms. The number of unbranched alkanes of at least 4 members (excludes halogenated alkanes) is 8. The fourth-order valence-electron chi connectivity index (χ4n) is 4.71. The molecule has 4 nitrogen and oxygen atoms in total. The Hall–Kier alpha value is -2.18. The molecule has 0 amide bonds. The first-order chi connectivity index (χ1) is 14.3. The molecule has 0 saturated heterocycles. The third-order valence-corrected chi connectivity index (χ3v) is 6.22. The first kappa shape index (κ1) is 22.5. The van der Waals surface area contributed by atoms with Crippen molar-refractivity contribution in [1.29, 1.82) is 0 Å². The molecule has 0 bridgehead atoms. The summed E-state index contributed by atoms with van der Waals surface area (Å²) in [5.74, 6) is -0.963. The van der Waals surface area contributed by atoms with Crippen molar-refractivity contribution >= 4 is 24.7 Å². The number of rotatable bonds is 12. The lowest BCUT2D eigenvalue weighted by molar-refractivity contribution is -0.362. The molecule has 0 fully saturated rings. The Morgan fingerprint density at radius 1 is 1.03 bits per heavy atom. The minimum Gasteiger partial charge on any atom is -0.550 e. The predicted molar refractivity (Wildman–Crippen MR) is 117 cm³/mol. The molecule has 0 aromatic carbocycles. The molecule has 0 saturated carbocycles. The molecule has 0 aliphatic carbocycles. The summed E-state index contributed by atoms with van der Waals surface area (Å²) < 4.78 is 33.1. The van der Waals surface area contributed by atoms with E-state index in [0.29, 0.717) is 29.9 Å². The van der Waals surface area contributed by atoms with Crippen LogP contribution >= 0.6 is 0 Å². The van der Waals surface area contributed by atoms with E-state index in [1.807, 2.05) is 31.2 Å². The van der Waals surface area contributed by atoms with Gasteiger partial charge in [0.05, 0.1) is 0 Å². The zero-order valence-electron chi connectivity index (χ0n) is 19.1. The Kier molecular flexibility index (Phi) is 7.32. The lowest BCUT2D eigenvalue weighted by Gasteiger charge is -2.30. The molecule has 0 spiro atoms. The van der Waals surface area contributed by atoms with Gasteiger partial charge in [0.25, 0.3) is 0 Å². The quantitative estimate of drug-likeness (QED) is 0.360. The first-order valence-electron chi connectivity index (χ1n) is 11.3. The van der Waals surface area contributed by atoms with Gasteiger partial charge in [0.2, 0.25) is 0 Å². The van der Waals surface area contributed by atoms with Crippen LogP contribution in [0.25, 0.3) is 6.08 Å². The van der Waals surface area contributed by atoms with Gasteiger partial charge in [-0.15, -0.1) is 0 Å². The molecule has 2 aliphatic heterocycles. The second kappa shape index (κ2) is 9.75. The summed E-state index contributed by atoms with van der Waals surface area (Å²) in [5, 5.41) is 10.3. The SMILES string of the molecule is Cc1cc(C)n2c1C=C1C=CC(CCCCCCCCCCCC(=O)[O-])=[N+]1[B-]2(F)F.[H+]. The van der Waals surface area contributed by atoms with Gasteiger partial charge in [0.1, 0.15) is 5.71 Å². The van der Waals surface area contributed by atoms with Gasteiger partial charge in [-0.3, -0.25) is 0 Å². The highest BCUT2D eigenvalue weighted by Crippen LogP contribution is 2.34. The normalized spacial score (nSPS) is 16.6. The smallest absolute Gasteiger partial charge is 0.550 e. The van der Waals surface area contributed by atoms with Crippen LogP contribution in [0.3, 0.4) is 0 Å². The molecule has 1 aromatic heterocycles. The molecule has 3 heterocycles. The van der Waals surface area contributed by atoms with Gasteiger partial charge in [-0.05, 0) is 50.4 Å². The fraction of sp³-hybridized carbons (Fsp3) is 0.565. The van der Waals surface area contributed by atoms with E-state index in [-0.39, 0.29) is 7.85 Å². The number of carboxylic acid groups (broad SMARTS) is 1. The van der Waals surface area contributed by atoms with Crippen molar-refractivity contribution in [3.63, 3.8) is 0 Å². The van der Waals surface area contributed by atoms with Crippen molar-refractivity contribution < 1.29 is 24.4 Å². The molecule has 0 atom stereocenters. The van der Waals surface area contributed by atoms with Crippen molar-refractivity contribution in [3.05, 3.63) is 40.9 Å². The highest BCUT2D eigenvalue weighted by molar-refractivity contribution is 6.58. The molecule has 7 heteroatoms. The van der Waals surface area contributed by atoms with Gasteiger partial charge in [-0.1, -0.05) is 44.9 Å². The summed E-state index contributed by atoms with van der Waals surface area (Å²) in [5.41, 5.74) is 3.43. The number of hydrogen-bond acceptors (Lipinski definition) is 2. The van der Waals surface area contributed by atoms with Gasteiger partial charge in [0, 0.05) is 36.3 Å². The Balaban J connectivity index is 0.00000341. The summed E-state index contributed by atoms with van der Waals surface area (Å²) >= 11 is 0. The summed E-state index contributed by atoms with van der Waals surface area (Å²) in [4.78, 5) is 10.3. The number of fused-ring (bicyclic) bond motifs is 2. The average molecular weight is 418 g/mol. The highest BCUT2D eigenvalue weighted by atomic mass is 19.2. The number of carbonyl (C=O) groups is 1. The van der Waals surface area contributed by atoms with E-state index in [4.69, 9.17) is 0 Å². The summed E-state index contributed by atoms with van der Waals surface area (Å²) in [6.45, 7) is -0.217. The average Bonchev–Trinajstić information content (AvgIpc) is 3.21. The fourth-order valence-corrected chi connectivity index (χ4v) is 4.71. The van der Waals surface area contributed by atoms with E-state index in [1.165, 1.54) is 8.96 Å². The predicted octanol–water partition coefficient (Wildman–Crippen LogP) is 4.86. The van der Waals surface area contributed by atoms with Crippen LogP contribution in [-0.2, 0) is 4.79 Å². The number of carboxylic acids is 1. The Morgan fingerprint density at radius 2 is 1.63 bits per heavy atom. The minimum atomic E-state index is -3.85. The van der Waals surface area contributed by atoms with Crippen LogP contribution in [0.2, 0.25) is 0 Å². The third kappa shape index (κ3) is 4.93. The van der Waals surface area contributed by atoms with E-state index >= 15 is 8.63 Å². The Morgan fingerprint density at radius 3 is 2.27 bits per heavy atom. The number of halogens is 2. The van der Waals surface area contributed by atoms with Crippen molar-refractivity contribution in [2.45, 2.75) is 84.5 Å². The van der Waals surface area contributed by atoms with Crippen LogP contribution in [0, 0.1) is 13.8 Å². The Labute approximate surface area is 179 Å². The second-order valence-electron chi connectivity index (χ2n) is 8.63. The molecule has 3 rings (SSSR count). The lowest BCUT2D eigenvalue weighted by Crippen LogP contribution is -2.50. The summed E-state index contributed by atoms with van der Waals surface area (Å²) in [7, 11) is 0. The van der Waals surface area contributed by atoms with Crippen LogP contribution in [-0.4, -0.2) is 27.6 Å². The second-order valence-corrected chi connectivity index (χ2v) is 8.63. The van der Waals surface area contributed by atoms with Gasteiger partial charge in [0.15, 0.2) is 5.70 Å². The molecular weight excluding hydrogens is 385 g/mol. The van der Waals surface area contributed by atoms with Gasteiger partial charge in [-0.25, -0.2) is 0 Å². The lowest BCUT2D eigenvalue weighted by atomic mass is 9.90. The summed E-state index contributed by atoms with van der Waals surface area (Å²) in [6, 6.07) is 1.83. The molecule has 2 aliphatic rings. The number of aliphatic carboxylic acids is 1. The van der Waals surface area contributed by atoms with Crippen molar-refractivity contribution in [2.75, 3.05) is 0 Å². The largest absolute Gasteiger partial charge is 1.00 e. The maximum atomic E-state index is 15.3. The number of allylic oxidation sites excluding steroid dienone is 2. The monoisotopic (exact) mass is 418 g/mol. The Bertz CT molecular complexity index is 890. The van der Waals surface area contributed by atoms with Crippen LogP contribution in [0.1, 0.15) is 89.0 Å². The summed E-state index contributed by atoms with van der Waals surface area (Å²) in [6.07, 6.45) is 15.6. The van der Waals surface area contributed by atoms with Crippen LogP contribution in [0.5, 0.6) is 0 Å². The molecule has 0 unspecified atom stereocenters. The van der Waals surface area contributed by atoms with Crippen molar-refractivity contribution in [3.8, 4) is 0 Å². The van der Waals surface area contributed by atoms with Crippen LogP contribution in [0.15, 0.2) is 23.9 Å². The molecular formula is C23H33BF2N2O2. The van der Waals surface area contributed by atoms with E-state index < -0.39 is 12.9 Å². The van der Waals surface area contributed by atoms with E-state index in [2.05, 4.69) is 0 Å². The maximum absolute atomic E-state index is 15.3. The molecule has 1 aromatic rings.